The minimum absolute atomic E-state index is 0.0922. The van der Waals surface area contributed by atoms with Crippen molar-refractivity contribution in [3.05, 3.63) is 84.2 Å². The smallest absolute Gasteiger partial charge is 0.230 e. The number of nitrogens with zero attached hydrogens (tertiary/aromatic N) is 3. The number of rotatable bonds is 2. The topological polar surface area (TPSA) is 28.5 Å². The zero-order valence-electron chi connectivity index (χ0n) is 16.0. The molecule has 1 aromatic heterocycles. The molecule has 2 aliphatic rings. The molecule has 0 spiro atoms. The van der Waals surface area contributed by atoms with Crippen molar-refractivity contribution in [2.75, 3.05) is 22.9 Å². The summed E-state index contributed by atoms with van der Waals surface area (Å²) in [4.78, 5) is 18.0. The number of amides is 1. The van der Waals surface area contributed by atoms with Crippen LogP contribution in [-0.2, 0) is 17.9 Å². The van der Waals surface area contributed by atoms with E-state index in [1.54, 1.807) is 0 Å². The van der Waals surface area contributed by atoms with Crippen molar-refractivity contribution < 1.29 is 4.79 Å². The molecular formula is C24H25N3O. The minimum Gasteiger partial charge on any atom is -0.371 e. The Kier molecular flexibility index (Phi) is 4.40. The van der Waals surface area contributed by atoms with Crippen LogP contribution in [0.5, 0.6) is 0 Å². The summed E-state index contributed by atoms with van der Waals surface area (Å²) in [7, 11) is 0. The Morgan fingerprint density at radius 2 is 1.57 bits per heavy atom. The molecule has 3 aromatic rings. The maximum atomic E-state index is 13.5. The maximum absolute atomic E-state index is 13.5. The standard InChI is InChI=1S/C24H25N3O/c28-24(19-12-15-25(16-13-19)21-8-2-1-3-9-21)27-18-22-10-6-14-26(22)17-20-7-4-5-11-23(20)27/h1-11,14,19H,12-13,15-18H2. The van der Waals surface area contributed by atoms with Crippen LogP contribution in [0.1, 0.15) is 24.1 Å². The van der Waals surface area contributed by atoms with Crippen LogP contribution < -0.4 is 9.80 Å². The van der Waals surface area contributed by atoms with E-state index in [-0.39, 0.29) is 11.8 Å². The summed E-state index contributed by atoms with van der Waals surface area (Å²) >= 11 is 0. The lowest BCUT2D eigenvalue weighted by atomic mass is 9.94. The van der Waals surface area contributed by atoms with Gasteiger partial charge in [-0.2, -0.15) is 0 Å². The van der Waals surface area contributed by atoms with E-state index in [9.17, 15) is 4.79 Å². The molecule has 28 heavy (non-hydrogen) atoms. The van der Waals surface area contributed by atoms with Crippen molar-refractivity contribution in [1.82, 2.24) is 4.57 Å². The van der Waals surface area contributed by atoms with E-state index in [1.165, 1.54) is 16.9 Å². The molecule has 2 aliphatic heterocycles. The van der Waals surface area contributed by atoms with E-state index in [0.717, 1.165) is 38.2 Å². The first-order valence-corrected chi connectivity index (χ1v) is 10.1. The molecule has 1 amide bonds. The molecule has 0 saturated carbocycles. The molecule has 5 rings (SSSR count). The predicted octanol–water partition coefficient (Wildman–Crippen LogP) is 4.30. The highest BCUT2D eigenvalue weighted by molar-refractivity contribution is 5.96. The fourth-order valence-electron chi connectivity index (χ4n) is 4.53. The summed E-state index contributed by atoms with van der Waals surface area (Å²) in [6.07, 6.45) is 3.93. The van der Waals surface area contributed by atoms with E-state index < -0.39 is 0 Å². The third kappa shape index (κ3) is 3.09. The fraction of sp³-hybridized carbons (Fsp3) is 0.292. The second kappa shape index (κ2) is 7.19. The van der Waals surface area contributed by atoms with Crippen LogP contribution >= 0.6 is 0 Å². The van der Waals surface area contributed by atoms with Gasteiger partial charge < -0.3 is 14.4 Å². The number of anilines is 2. The number of hydrogen-bond acceptors (Lipinski definition) is 2. The summed E-state index contributed by atoms with van der Waals surface area (Å²) in [5.74, 6) is 0.365. The Morgan fingerprint density at radius 1 is 0.821 bits per heavy atom. The van der Waals surface area contributed by atoms with Crippen LogP contribution in [0.3, 0.4) is 0 Å². The lowest BCUT2D eigenvalue weighted by molar-refractivity contribution is -0.123. The van der Waals surface area contributed by atoms with Crippen LogP contribution in [0.25, 0.3) is 0 Å². The lowest BCUT2D eigenvalue weighted by Crippen LogP contribution is -2.42. The molecule has 4 nitrogen and oxygen atoms in total. The van der Waals surface area contributed by atoms with Gasteiger partial charge in [0.25, 0.3) is 0 Å². The average molecular weight is 371 g/mol. The van der Waals surface area contributed by atoms with Crippen molar-refractivity contribution in [3.8, 4) is 0 Å². The number of hydrogen-bond donors (Lipinski definition) is 0. The summed E-state index contributed by atoms with van der Waals surface area (Å²) < 4.78 is 2.25. The van der Waals surface area contributed by atoms with E-state index in [1.807, 2.05) is 17.0 Å². The van der Waals surface area contributed by atoms with E-state index in [2.05, 4.69) is 70.3 Å². The van der Waals surface area contributed by atoms with Gasteiger partial charge in [-0.15, -0.1) is 0 Å². The Bertz CT molecular complexity index is 970. The van der Waals surface area contributed by atoms with Gasteiger partial charge in [-0.3, -0.25) is 4.79 Å². The number of piperidine rings is 1. The van der Waals surface area contributed by atoms with Crippen molar-refractivity contribution in [2.24, 2.45) is 5.92 Å². The van der Waals surface area contributed by atoms with Crippen LogP contribution in [-0.4, -0.2) is 23.6 Å². The van der Waals surface area contributed by atoms with Gasteiger partial charge in [0.1, 0.15) is 0 Å². The molecule has 1 fully saturated rings. The summed E-state index contributed by atoms with van der Waals surface area (Å²) in [6.45, 7) is 3.36. The molecule has 142 valence electrons. The second-order valence-corrected chi connectivity index (χ2v) is 7.78. The largest absolute Gasteiger partial charge is 0.371 e. The highest BCUT2D eigenvalue weighted by atomic mass is 16.2. The first-order chi connectivity index (χ1) is 13.8. The molecular weight excluding hydrogens is 346 g/mol. The van der Waals surface area contributed by atoms with Crippen molar-refractivity contribution in [1.29, 1.82) is 0 Å². The van der Waals surface area contributed by atoms with E-state index >= 15 is 0 Å². The Morgan fingerprint density at radius 3 is 2.39 bits per heavy atom. The fourth-order valence-corrected chi connectivity index (χ4v) is 4.53. The van der Waals surface area contributed by atoms with Gasteiger partial charge in [-0.25, -0.2) is 0 Å². The monoisotopic (exact) mass is 371 g/mol. The highest BCUT2D eigenvalue weighted by Gasteiger charge is 2.31. The Hall–Kier alpha value is -3.01. The summed E-state index contributed by atoms with van der Waals surface area (Å²) in [6, 6.07) is 23.1. The van der Waals surface area contributed by atoms with Crippen molar-refractivity contribution >= 4 is 17.3 Å². The maximum Gasteiger partial charge on any atom is 0.230 e. The zero-order valence-corrected chi connectivity index (χ0v) is 16.0. The predicted molar refractivity (Wildman–Crippen MR) is 113 cm³/mol. The van der Waals surface area contributed by atoms with Gasteiger partial charge >= 0.3 is 0 Å². The summed E-state index contributed by atoms with van der Waals surface area (Å²) in [5.41, 5.74) is 4.74. The number of para-hydroxylation sites is 2. The Labute approximate surface area is 166 Å². The van der Waals surface area contributed by atoms with E-state index in [4.69, 9.17) is 0 Å². The lowest BCUT2D eigenvalue weighted by Gasteiger charge is -2.35. The van der Waals surface area contributed by atoms with Crippen molar-refractivity contribution in [3.63, 3.8) is 0 Å². The second-order valence-electron chi connectivity index (χ2n) is 7.78. The molecule has 0 bridgehead atoms. The number of carbonyl (C=O) groups is 1. The van der Waals surface area contributed by atoms with Crippen LogP contribution in [0, 0.1) is 5.92 Å². The summed E-state index contributed by atoms with van der Waals surface area (Å²) in [5, 5.41) is 0. The molecule has 1 saturated heterocycles. The number of carbonyl (C=O) groups excluding carboxylic acids is 1. The third-order valence-electron chi connectivity index (χ3n) is 6.10. The van der Waals surface area contributed by atoms with Crippen LogP contribution in [0.15, 0.2) is 72.9 Å². The average Bonchev–Trinajstić information content (AvgIpc) is 3.13. The third-order valence-corrected chi connectivity index (χ3v) is 6.10. The normalized spacial score (nSPS) is 17.0. The molecule has 4 heteroatoms. The van der Waals surface area contributed by atoms with Gasteiger partial charge in [0.05, 0.1) is 6.54 Å². The van der Waals surface area contributed by atoms with Gasteiger partial charge in [-0.05, 0) is 48.7 Å². The molecule has 3 heterocycles. The number of benzene rings is 2. The van der Waals surface area contributed by atoms with Gasteiger partial charge in [-0.1, -0.05) is 36.4 Å². The molecule has 0 unspecified atom stereocenters. The number of aromatic nitrogens is 1. The van der Waals surface area contributed by atoms with Gasteiger partial charge in [0, 0.05) is 48.8 Å². The SMILES string of the molecule is O=C(C1CCN(c2ccccc2)CC1)N1Cc2cccn2Cc2ccccc21. The first-order valence-electron chi connectivity index (χ1n) is 10.1. The molecule has 0 aliphatic carbocycles. The van der Waals surface area contributed by atoms with Crippen molar-refractivity contribution in [2.45, 2.75) is 25.9 Å². The van der Waals surface area contributed by atoms with Crippen LogP contribution in [0.4, 0.5) is 11.4 Å². The number of fused-ring (bicyclic) bond motifs is 2. The Balaban J connectivity index is 1.37. The minimum atomic E-state index is 0.0922. The molecule has 0 atom stereocenters. The highest BCUT2D eigenvalue weighted by Crippen LogP contribution is 2.31. The van der Waals surface area contributed by atoms with Crippen LogP contribution in [0.2, 0.25) is 0 Å². The van der Waals surface area contributed by atoms with E-state index in [0.29, 0.717) is 6.54 Å². The van der Waals surface area contributed by atoms with Gasteiger partial charge in [0.15, 0.2) is 0 Å². The zero-order chi connectivity index (χ0) is 18.9. The first kappa shape index (κ1) is 17.1. The quantitative estimate of drug-likeness (QED) is 0.672. The molecule has 2 aromatic carbocycles. The molecule has 0 radical (unpaired) electrons. The van der Waals surface area contributed by atoms with Gasteiger partial charge in [0.2, 0.25) is 5.91 Å². The molecule has 0 N–H and O–H groups in total.